The molecule has 1 atom stereocenters. The number of hydrogen-bond donors (Lipinski definition) is 2. The van der Waals surface area contributed by atoms with E-state index in [4.69, 9.17) is 10.5 Å². The molecule has 0 saturated carbocycles. The van der Waals surface area contributed by atoms with Gasteiger partial charge in [-0.1, -0.05) is 0 Å². The van der Waals surface area contributed by atoms with Gasteiger partial charge in [0.1, 0.15) is 11.9 Å². The molecule has 0 bridgehead atoms. The fourth-order valence-electron chi connectivity index (χ4n) is 1.88. The standard InChI is InChI=1S/C12H18N2O/c1-8(2)14-10-3-4-12-9(5-10)6-11(7-13)15-12/h3-5,8,11,14H,6-7,13H2,1-2H3. The van der Waals surface area contributed by atoms with Crippen LogP contribution in [0.4, 0.5) is 5.69 Å². The van der Waals surface area contributed by atoms with E-state index < -0.39 is 0 Å². The van der Waals surface area contributed by atoms with Gasteiger partial charge < -0.3 is 15.8 Å². The number of nitrogens with one attached hydrogen (secondary N) is 1. The van der Waals surface area contributed by atoms with Gasteiger partial charge in [-0.2, -0.15) is 0 Å². The predicted octanol–water partition coefficient (Wildman–Crippen LogP) is 1.77. The average Bonchev–Trinajstić information content (AvgIpc) is 2.58. The van der Waals surface area contributed by atoms with Crippen LogP contribution < -0.4 is 15.8 Å². The van der Waals surface area contributed by atoms with Crippen molar-refractivity contribution in [1.82, 2.24) is 0 Å². The lowest BCUT2D eigenvalue weighted by Gasteiger charge is -2.10. The van der Waals surface area contributed by atoms with E-state index in [9.17, 15) is 0 Å². The van der Waals surface area contributed by atoms with Crippen LogP contribution in [0.2, 0.25) is 0 Å². The molecule has 3 N–H and O–H groups in total. The Morgan fingerprint density at radius 1 is 1.53 bits per heavy atom. The lowest BCUT2D eigenvalue weighted by atomic mass is 10.1. The van der Waals surface area contributed by atoms with Crippen LogP contribution in [0, 0.1) is 0 Å². The van der Waals surface area contributed by atoms with E-state index in [0.29, 0.717) is 12.6 Å². The predicted molar refractivity (Wildman–Crippen MR) is 62.4 cm³/mol. The Morgan fingerprint density at radius 2 is 2.33 bits per heavy atom. The molecule has 0 spiro atoms. The molecular formula is C12H18N2O. The Morgan fingerprint density at radius 3 is 3.00 bits per heavy atom. The Labute approximate surface area is 90.6 Å². The van der Waals surface area contributed by atoms with Crippen molar-refractivity contribution in [1.29, 1.82) is 0 Å². The van der Waals surface area contributed by atoms with Crippen molar-refractivity contribution in [3.05, 3.63) is 23.8 Å². The van der Waals surface area contributed by atoms with E-state index in [2.05, 4.69) is 31.3 Å². The van der Waals surface area contributed by atoms with Crippen molar-refractivity contribution >= 4 is 5.69 Å². The molecule has 82 valence electrons. The first kappa shape index (κ1) is 10.3. The minimum Gasteiger partial charge on any atom is -0.488 e. The SMILES string of the molecule is CC(C)Nc1ccc2c(c1)CC(CN)O2. The van der Waals surface area contributed by atoms with E-state index in [-0.39, 0.29) is 6.10 Å². The monoisotopic (exact) mass is 206 g/mol. The molecule has 15 heavy (non-hydrogen) atoms. The third-order valence-corrected chi connectivity index (χ3v) is 2.52. The molecule has 3 nitrogen and oxygen atoms in total. The van der Waals surface area contributed by atoms with Gasteiger partial charge in [-0.15, -0.1) is 0 Å². The maximum Gasteiger partial charge on any atom is 0.123 e. The maximum absolute atomic E-state index is 5.66. The fraction of sp³-hybridized carbons (Fsp3) is 0.500. The first-order valence-corrected chi connectivity index (χ1v) is 5.45. The number of fused-ring (bicyclic) bond motifs is 1. The highest BCUT2D eigenvalue weighted by molar-refractivity contribution is 5.53. The summed E-state index contributed by atoms with van der Waals surface area (Å²) in [6.07, 6.45) is 1.09. The Kier molecular flexibility index (Phi) is 2.82. The van der Waals surface area contributed by atoms with Crippen LogP contribution in [0.25, 0.3) is 0 Å². The number of nitrogens with two attached hydrogens (primary N) is 1. The molecule has 1 heterocycles. The van der Waals surface area contributed by atoms with Gasteiger partial charge in [-0.3, -0.25) is 0 Å². The molecule has 1 unspecified atom stereocenters. The van der Waals surface area contributed by atoms with E-state index in [0.717, 1.165) is 17.9 Å². The second-order valence-corrected chi connectivity index (χ2v) is 4.30. The number of anilines is 1. The van der Waals surface area contributed by atoms with Gasteiger partial charge in [-0.25, -0.2) is 0 Å². The molecule has 3 heteroatoms. The summed E-state index contributed by atoms with van der Waals surface area (Å²) in [5, 5.41) is 3.38. The summed E-state index contributed by atoms with van der Waals surface area (Å²) in [5.74, 6) is 0.986. The zero-order valence-electron chi connectivity index (χ0n) is 9.29. The van der Waals surface area contributed by atoms with Crippen molar-refractivity contribution in [3.8, 4) is 5.75 Å². The zero-order valence-corrected chi connectivity index (χ0v) is 9.29. The third-order valence-electron chi connectivity index (χ3n) is 2.52. The summed E-state index contributed by atoms with van der Waals surface area (Å²) in [6, 6.07) is 6.69. The number of hydrogen-bond acceptors (Lipinski definition) is 3. The second-order valence-electron chi connectivity index (χ2n) is 4.30. The van der Waals surface area contributed by atoms with Gasteiger partial charge in [0.2, 0.25) is 0 Å². The van der Waals surface area contributed by atoms with Crippen LogP contribution in [0.1, 0.15) is 19.4 Å². The van der Waals surface area contributed by atoms with E-state index in [1.165, 1.54) is 5.56 Å². The summed E-state index contributed by atoms with van der Waals surface area (Å²) in [5.41, 5.74) is 8.01. The van der Waals surface area contributed by atoms with Gasteiger partial charge in [0.25, 0.3) is 0 Å². The highest BCUT2D eigenvalue weighted by atomic mass is 16.5. The molecular weight excluding hydrogens is 188 g/mol. The zero-order chi connectivity index (χ0) is 10.8. The number of benzene rings is 1. The summed E-state index contributed by atoms with van der Waals surface area (Å²) in [6.45, 7) is 4.85. The lowest BCUT2D eigenvalue weighted by Crippen LogP contribution is -2.24. The molecule has 0 radical (unpaired) electrons. The van der Waals surface area contributed by atoms with Gasteiger partial charge in [0.15, 0.2) is 0 Å². The third kappa shape index (κ3) is 2.23. The molecule has 1 aromatic rings. The van der Waals surface area contributed by atoms with Crippen molar-refractivity contribution in [3.63, 3.8) is 0 Å². The highest BCUT2D eigenvalue weighted by Gasteiger charge is 2.21. The smallest absolute Gasteiger partial charge is 0.123 e. The minimum absolute atomic E-state index is 0.161. The highest BCUT2D eigenvalue weighted by Crippen LogP contribution is 2.30. The van der Waals surface area contributed by atoms with Gasteiger partial charge in [0.05, 0.1) is 0 Å². The largest absolute Gasteiger partial charge is 0.488 e. The topological polar surface area (TPSA) is 47.3 Å². The second kappa shape index (κ2) is 4.11. The Bertz CT molecular complexity index is 349. The Hall–Kier alpha value is -1.22. The Balaban J connectivity index is 2.15. The van der Waals surface area contributed by atoms with Gasteiger partial charge in [0, 0.05) is 24.7 Å². The molecule has 1 aliphatic heterocycles. The van der Waals surface area contributed by atoms with Crippen molar-refractivity contribution < 1.29 is 4.74 Å². The summed E-state index contributed by atoms with van der Waals surface area (Å²) < 4.78 is 5.66. The molecule has 0 fully saturated rings. The number of rotatable bonds is 3. The summed E-state index contributed by atoms with van der Waals surface area (Å²) in [7, 11) is 0. The molecule has 0 amide bonds. The lowest BCUT2D eigenvalue weighted by molar-refractivity contribution is 0.241. The van der Waals surface area contributed by atoms with E-state index in [1.807, 2.05) is 6.07 Å². The first-order chi connectivity index (χ1) is 7.19. The van der Waals surface area contributed by atoms with Crippen LogP contribution >= 0.6 is 0 Å². The van der Waals surface area contributed by atoms with Crippen LogP contribution in [-0.2, 0) is 6.42 Å². The maximum atomic E-state index is 5.66. The molecule has 2 rings (SSSR count). The summed E-state index contributed by atoms with van der Waals surface area (Å²) >= 11 is 0. The van der Waals surface area contributed by atoms with Crippen LogP contribution in [0.5, 0.6) is 5.75 Å². The molecule has 0 saturated heterocycles. The number of ether oxygens (including phenoxy) is 1. The normalized spacial score (nSPS) is 18.8. The van der Waals surface area contributed by atoms with Crippen LogP contribution in [0.15, 0.2) is 18.2 Å². The quantitative estimate of drug-likeness (QED) is 0.792. The van der Waals surface area contributed by atoms with Crippen LogP contribution in [-0.4, -0.2) is 18.7 Å². The van der Waals surface area contributed by atoms with Gasteiger partial charge in [-0.05, 0) is 37.6 Å². The fourth-order valence-corrected chi connectivity index (χ4v) is 1.88. The van der Waals surface area contributed by atoms with Crippen molar-refractivity contribution in [2.24, 2.45) is 5.73 Å². The van der Waals surface area contributed by atoms with Crippen molar-refractivity contribution in [2.45, 2.75) is 32.4 Å². The van der Waals surface area contributed by atoms with E-state index in [1.54, 1.807) is 0 Å². The minimum atomic E-state index is 0.161. The summed E-state index contributed by atoms with van der Waals surface area (Å²) in [4.78, 5) is 0. The molecule has 1 aliphatic rings. The van der Waals surface area contributed by atoms with Gasteiger partial charge >= 0.3 is 0 Å². The molecule has 1 aromatic carbocycles. The van der Waals surface area contributed by atoms with E-state index >= 15 is 0 Å². The van der Waals surface area contributed by atoms with Crippen LogP contribution in [0.3, 0.4) is 0 Å². The molecule has 0 aromatic heterocycles. The molecule has 0 aliphatic carbocycles. The first-order valence-electron chi connectivity index (χ1n) is 5.45. The van der Waals surface area contributed by atoms with Crippen molar-refractivity contribution in [2.75, 3.05) is 11.9 Å². The average molecular weight is 206 g/mol.